The molecule has 7 nitrogen and oxygen atoms in total. The molecular weight excluding hydrogens is 368 g/mol. The van der Waals surface area contributed by atoms with E-state index in [1.54, 1.807) is 18.2 Å². The summed E-state index contributed by atoms with van der Waals surface area (Å²) in [5.74, 6) is -0.900. The van der Waals surface area contributed by atoms with Crippen LogP contribution < -0.4 is 5.32 Å². The number of nitrogens with one attached hydrogen (secondary N) is 1. The molecule has 0 bridgehead atoms. The fourth-order valence-electron chi connectivity index (χ4n) is 2.61. The summed E-state index contributed by atoms with van der Waals surface area (Å²) in [5.41, 5.74) is 3.15. The van der Waals surface area contributed by atoms with Crippen molar-refractivity contribution in [3.05, 3.63) is 65.2 Å². The number of methoxy groups -OCH3 is 1. The third-order valence-corrected chi connectivity index (χ3v) is 4.22. The Morgan fingerprint density at radius 2 is 2.04 bits per heavy atom. The lowest BCUT2D eigenvalue weighted by atomic mass is 10.0. The molecule has 1 heterocycles. The maximum Gasteiger partial charge on any atom is 0.339 e. The van der Waals surface area contributed by atoms with Crippen molar-refractivity contribution in [3.8, 4) is 11.1 Å². The molecule has 0 atom stereocenters. The minimum absolute atomic E-state index is 0.0217. The molecule has 8 heteroatoms. The van der Waals surface area contributed by atoms with Crippen molar-refractivity contribution in [3.63, 3.8) is 0 Å². The van der Waals surface area contributed by atoms with Crippen LogP contribution in [-0.2, 0) is 16.1 Å². The average molecular weight is 385 g/mol. The third-order valence-electron chi connectivity index (χ3n) is 3.91. The van der Waals surface area contributed by atoms with Crippen LogP contribution in [0.3, 0.4) is 0 Å². The number of benzene rings is 2. The molecule has 1 N–H and O–H groups in total. The van der Waals surface area contributed by atoms with Gasteiger partial charge in [-0.1, -0.05) is 29.8 Å². The summed E-state index contributed by atoms with van der Waals surface area (Å²) in [6.45, 7) is 1.93. The summed E-state index contributed by atoms with van der Waals surface area (Å²) < 4.78 is 6.24. The number of carbonyl (C=O) groups excluding carboxylic acids is 2. The first-order chi connectivity index (χ1) is 13.0. The molecule has 2 aromatic carbocycles. The fraction of sp³-hybridized carbons (Fsp3) is 0.158. The highest BCUT2D eigenvalue weighted by Gasteiger charge is 2.17. The van der Waals surface area contributed by atoms with Gasteiger partial charge in [-0.05, 0) is 36.2 Å². The number of carbonyl (C=O) groups is 2. The molecule has 0 aliphatic carbocycles. The summed E-state index contributed by atoms with van der Waals surface area (Å²) in [6.07, 6.45) is 2.77. The molecule has 0 radical (unpaired) electrons. The van der Waals surface area contributed by atoms with Gasteiger partial charge in [0.15, 0.2) is 0 Å². The number of rotatable bonds is 5. The van der Waals surface area contributed by atoms with Crippen molar-refractivity contribution in [2.45, 2.75) is 13.5 Å². The van der Waals surface area contributed by atoms with E-state index in [4.69, 9.17) is 16.3 Å². The molecule has 27 heavy (non-hydrogen) atoms. The quantitative estimate of drug-likeness (QED) is 0.682. The van der Waals surface area contributed by atoms with E-state index in [2.05, 4.69) is 15.4 Å². The second-order valence-electron chi connectivity index (χ2n) is 5.88. The molecule has 0 unspecified atom stereocenters. The highest BCUT2D eigenvalue weighted by molar-refractivity contribution is 6.33. The van der Waals surface area contributed by atoms with Crippen LogP contribution in [0, 0.1) is 6.92 Å². The highest BCUT2D eigenvalue weighted by Crippen LogP contribution is 2.31. The van der Waals surface area contributed by atoms with Crippen molar-refractivity contribution >= 4 is 29.2 Å². The van der Waals surface area contributed by atoms with Crippen LogP contribution in [0.2, 0.25) is 5.02 Å². The van der Waals surface area contributed by atoms with Gasteiger partial charge in [0.2, 0.25) is 5.91 Å². The van der Waals surface area contributed by atoms with Crippen LogP contribution in [0.4, 0.5) is 5.69 Å². The number of anilines is 1. The maximum atomic E-state index is 12.2. The predicted molar refractivity (Wildman–Crippen MR) is 102 cm³/mol. The van der Waals surface area contributed by atoms with E-state index in [1.807, 2.05) is 25.1 Å². The van der Waals surface area contributed by atoms with Gasteiger partial charge in [0.1, 0.15) is 19.2 Å². The predicted octanol–water partition coefficient (Wildman–Crippen LogP) is 3.33. The van der Waals surface area contributed by atoms with Gasteiger partial charge in [0, 0.05) is 10.6 Å². The number of hydrogen-bond acceptors (Lipinski definition) is 5. The minimum atomic E-state index is -0.559. The van der Waals surface area contributed by atoms with E-state index in [9.17, 15) is 9.59 Å². The Morgan fingerprint density at radius 3 is 2.70 bits per heavy atom. The van der Waals surface area contributed by atoms with E-state index < -0.39 is 5.97 Å². The molecule has 138 valence electrons. The molecule has 0 saturated carbocycles. The normalized spacial score (nSPS) is 10.5. The number of aryl methyl sites for hydroxylation is 1. The molecule has 0 saturated heterocycles. The van der Waals surface area contributed by atoms with Gasteiger partial charge < -0.3 is 10.1 Å². The molecule has 0 aliphatic rings. The number of halogens is 1. The molecule has 0 aliphatic heterocycles. The van der Waals surface area contributed by atoms with Crippen LogP contribution >= 0.6 is 11.6 Å². The Morgan fingerprint density at radius 1 is 1.22 bits per heavy atom. The van der Waals surface area contributed by atoms with Gasteiger partial charge in [0.05, 0.1) is 18.4 Å². The van der Waals surface area contributed by atoms with E-state index in [1.165, 1.54) is 24.4 Å². The number of esters is 1. The first-order valence-electron chi connectivity index (χ1n) is 8.09. The zero-order chi connectivity index (χ0) is 19.4. The largest absolute Gasteiger partial charge is 0.465 e. The fourth-order valence-corrected chi connectivity index (χ4v) is 2.95. The summed E-state index contributed by atoms with van der Waals surface area (Å²) >= 11 is 6.33. The van der Waals surface area contributed by atoms with Crippen LogP contribution in [0.25, 0.3) is 11.1 Å². The highest BCUT2D eigenvalue weighted by atomic mass is 35.5. The van der Waals surface area contributed by atoms with Gasteiger partial charge in [-0.15, -0.1) is 0 Å². The molecule has 3 rings (SSSR count). The Hall–Kier alpha value is -3.19. The lowest BCUT2D eigenvalue weighted by Crippen LogP contribution is -2.20. The number of nitrogens with zero attached hydrogens (tertiary/aromatic N) is 3. The summed E-state index contributed by atoms with van der Waals surface area (Å²) in [5, 5.41) is 7.16. The maximum absolute atomic E-state index is 12.2. The van der Waals surface area contributed by atoms with Crippen molar-refractivity contribution < 1.29 is 14.3 Å². The lowest BCUT2D eigenvalue weighted by Gasteiger charge is -2.13. The molecule has 1 amide bonds. The number of ether oxygens (including phenoxy) is 1. The third kappa shape index (κ3) is 4.32. The SMILES string of the molecule is COC(=O)c1cc(-c2ccc(C)cc2Cl)ccc1NC(=O)Cn1cncn1. The second-order valence-corrected chi connectivity index (χ2v) is 6.28. The topological polar surface area (TPSA) is 86.1 Å². The molecule has 0 fully saturated rings. The zero-order valence-electron chi connectivity index (χ0n) is 14.8. The first-order valence-corrected chi connectivity index (χ1v) is 8.47. The summed E-state index contributed by atoms with van der Waals surface area (Å²) in [4.78, 5) is 28.2. The number of hydrogen-bond donors (Lipinski definition) is 1. The van der Waals surface area contributed by atoms with Crippen molar-refractivity contribution in [2.24, 2.45) is 0 Å². The summed E-state index contributed by atoms with van der Waals surface area (Å²) in [6, 6.07) is 10.8. The van der Waals surface area contributed by atoms with Crippen molar-refractivity contribution in [1.29, 1.82) is 0 Å². The molecule has 0 spiro atoms. The van der Waals surface area contributed by atoms with Gasteiger partial charge in [-0.25, -0.2) is 14.5 Å². The lowest BCUT2D eigenvalue weighted by molar-refractivity contribution is -0.116. The van der Waals surface area contributed by atoms with Gasteiger partial charge in [0.25, 0.3) is 0 Å². The van der Waals surface area contributed by atoms with Crippen LogP contribution in [0.15, 0.2) is 49.1 Å². The van der Waals surface area contributed by atoms with Crippen LogP contribution in [0.5, 0.6) is 0 Å². The van der Waals surface area contributed by atoms with Crippen molar-refractivity contribution in [1.82, 2.24) is 14.8 Å². The standard InChI is InChI=1S/C19H17ClN4O3/c1-12-3-5-14(16(20)7-12)13-4-6-17(15(8-13)19(26)27-2)23-18(25)9-24-11-21-10-22-24/h3-8,10-11H,9H2,1-2H3,(H,23,25). The second kappa shape index (κ2) is 8.01. The van der Waals surface area contributed by atoms with Crippen molar-refractivity contribution in [2.75, 3.05) is 12.4 Å². The minimum Gasteiger partial charge on any atom is -0.465 e. The van der Waals surface area contributed by atoms with E-state index in [0.29, 0.717) is 10.7 Å². The van der Waals surface area contributed by atoms with Gasteiger partial charge in [-0.2, -0.15) is 5.10 Å². The average Bonchev–Trinajstić information content (AvgIpc) is 3.14. The molecular formula is C19H17ClN4O3. The Balaban J connectivity index is 1.92. The Kier molecular flexibility index (Phi) is 5.52. The zero-order valence-corrected chi connectivity index (χ0v) is 15.5. The monoisotopic (exact) mass is 384 g/mol. The first kappa shape index (κ1) is 18.6. The van der Waals surface area contributed by atoms with Gasteiger partial charge >= 0.3 is 5.97 Å². The molecule has 1 aromatic heterocycles. The smallest absolute Gasteiger partial charge is 0.339 e. The number of aromatic nitrogens is 3. The Labute approximate surface area is 160 Å². The van der Waals surface area contributed by atoms with E-state index >= 15 is 0 Å². The Bertz CT molecular complexity index is 987. The molecule has 3 aromatic rings. The summed E-state index contributed by atoms with van der Waals surface area (Å²) in [7, 11) is 1.29. The van der Waals surface area contributed by atoms with Gasteiger partial charge in [-0.3, -0.25) is 4.79 Å². The van der Waals surface area contributed by atoms with Crippen LogP contribution in [-0.4, -0.2) is 33.8 Å². The van der Waals surface area contributed by atoms with E-state index in [0.717, 1.165) is 16.7 Å². The number of amides is 1. The van der Waals surface area contributed by atoms with Crippen LogP contribution in [0.1, 0.15) is 15.9 Å². The van der Waals surface area contributed by atoms with E-state index in [-0.39, 0.29) is 18.0 Å².